The quantitative estimate of drug-likeness (QED) is 0.833. The van der Waals surface area contributed by atoms with E-state index in [1.54, 1.807) is 18.2 Å². The summed E-state index contributed by atoms with van der Waals surface area (Å²) in [6, 6.07) is 6.62. The van der Waals surface area contributed by atoms with E-state index in [9.17, 15) is 9.18 Å². The van der Waals surface area contributed by atoms with Crippen molar-refractivity contribution in [3.05, 3.63) is 53.6 Å². The summed E-state index contributed by atoms with van der Waals surface area (Å²) < 4.78 is 19.0. The Bertz CT molecular complexity index is 649. The highest BCUT2D eigenvalue weighted by atomic mass is 79.9. The molecule has 0 aliphatic carbocycles. The van der Waals surface area contributed by atoms with Crippen LogP contribution in [0.5, 0.6) is 5.75 Å². The first-order valence-electron chi connectivity index (χ1n) is 6.38. The van der Waals surface area contributed by atoms with Crippen molar-refractivity contribution in [3.63, 3.8) is 0 Å². The minimum Gasteiger partial charge on any atom is -0.494 e. The van der Waals surface area contributed by atoms with Gasteiger partial charge in [-0.3, -0.25) is 9.78 Å². The Morgan fingerprint density at radius 2 is 2.24 bits per heavy atom. The Hall–Kier alpha value is -1.95. The maximum absolute atomic E-state index is 13.5. The van der Waals surface area contributed by atoms with Crippen LogP contribution in [-0.4, -0.2) is 17.5 Å². The number of aromatic nitrogens is 1. The van der Waals surface area contributed by atoms with Gasteiger partial charge in [0.25, 0.3) is 5.91 Å². The van der Waals surface area contributed by atoms with E-state index in [1.165, 1.54) is 12.3 Å². The molecule has 1 aromatic heterocycles. The van der Waals surface area contributed by atoms with Gasteiger partial charge >= 0.3 is 0 Å². The molecule has 4 nitrogen and oxygen atoms in total. The third-order valence-electron chi connectivity index (χ3n) is 2.78. The molecular formula is C15H14BrFN2O2. The lowest BCUT2D eigenvalue weighted by Crippen LogP contribution is -2.14. The largest absolute Gasteiger partial charge is 0.494 e. The van der Waals surface area contributed by atoms with Gasteiger partial charge in [0, 0.05) is 22.8 Å². The van der Waals surface area contributed by atoms with Crippen LogP contribution in [-0.2, 0) is 5.33 Å². The summed E-state index contributed by atoms with van der Waals surface area (Å²) in [5, 5.41) is 3.25. The Balaban J connectivity index is 2.20. The molecule has 0 atom stereocenters. The van der Waals surface area contributed by atoms with Crippen molar-refractivity contribution in [3.8, 4) is 5.75 Å². The molecule has 0 radical (unpaired) electrons. The number of carbonyl (C=O) groups excluding carboxylic acids is 1. The number of amides is 1. The molecule has 1 N–H and O–H groups in total. The summed E-state index contributed by atoms with van der Waals surface area (Å²) >= 11 is 3.37. The summed E-state index contributed by atoms with van der Waals surface area (Å²) in [5.41, 5.74) is 1.44. The lowest BCUT2D eigenvalue weighted by atomic mass is 10.2. The molecule has 21 heavy (non-hydrogen) atoms. The van der Waals surface area contributed by atoms with Crippen molar-refractivity contribution >= 4 is 27.5 Å². The smallest absolute Gasteiger partial charge is 0.258 e. The van der Waals surface area contributed by atoms with E-state index in [0.717, 1.165) is 17.5 Å². The maximum atomic E-state index is 13.5. The van der Waals surface area contributed by atoms with E-state index < -0.39 is 11.7 Å². The average molecular weight is 353 g/mol. The second-order valence-electron chi connectivity index (χ2n) is 4.20. The van der Waals surface area contributed by atoms with Crippen molar-refractivity contribution in [2.75, 3.05) is 11.9 Å². The number of carbonyl (C=O) groups is 1. The summed E-state index contributed by atoms with van der Waals surface area (Å²) in [6.45, 7) is 2.47. The van der Waals surface area contributed by atoms with Gasteiger partial charge in [-0.15, -0.1) is 0 Å². The number of ether oxygens (including phenoxy) is 1. The molecule has 0 saturated carbocycles. The number of hydrogen-bond acceptors (Lipinski definition) is 3. The summed E-state index contributed by atoms with van der Waals surface area (Å²) in [7, 11) is 0. The molecule has 0 aliphatic rings. The first-order chi connectivity index (χ1) is 10.2. The van der Waals surface area contributed by atoms with Gasteiger partial charge < -0.3 is 10.1 Å². The van der Waals surface area contributed by atoms with E-state index in [-0.39, 0.29) is 5.56 Å². The molecule has 0 saturated heterocycles. The number of alkyl halides is 1. The molecule has 0 bridgehead atoms. The van der Waals surface area contributed by atoms with Crippen LogP contribution in [0.4, 0.5) is 10.1 Å². The molecule has 1 aromatic carbocycles. The van der Waals surface area contributed by atoms with Crippen molar-refractivity contribution < 1.29 is 13.9 Å². The van der Waals surface area contributed by atoms with E-state index in [1.807, 2.05) is 6.92 Å². The number of nitrogens with zero attached hydrogens (tertiary/aromatic N) is 1. The predicted molar refractivity (Wildman–Crippen MR) is 82.4 cm³/mol. The van der Waals surface area contributed by atoms with Crippen molar-refractivity contribution in [2.45, 2.75) is 12.3 Å². The second kappa shape index (κ2) is 7.17. The zero-order chi connectivity index (χ0) is 15.2. The van der Waals surface area contributed by atoms with E-state index in [4.69, 9.17) is 4.74 Å². The van der Waals surface area contributed by atoms with Crippen LogP contribution < -0.4 is 10.1 Å². The third-order valence-corrected chi connectivity index (χ3v) is 3.38. The Morgan fingerprint density at radius 1 is 1.43 bits per heavy atom. The van der Waals surface area contributed by atoms with Crippen molar-refractivity contribution in [2.24, 2.45) is 0 Å². The number of nitrogens with one attached hydrogen (secondary N) is 1. The first-order valence-corrected chi connectivity index (χ1v) is 7.50. The second-order valence-corrected chi connectivity index (χ2v) is 4.76. The van der Waals surface area contributed by atoms with Crippen LogP contribution in [0.25, 0.3) is 0 Å². The lowest BCUT2D eigenvalue weighted by Gasteiger charge is -2.11. The van der Waals surface area contributed by atoms with Gasteiger partial charge in [0.2, 0.25) is 0 Å². The molecule has 2 rings (SSSR count). The van der Waals surface area contributed by atoms with Gasteiger partial charge in [0.15, 0.2) is 5.82 Å². The number of pyridine rings is 1. The number of anilines is 1. The SMILES string of the molecule is CCOc1ccc(NC(=O)c2ccncc2F)cc1CBr. The molecule has 0 spiro atoms. The van der Waals surface area contributed by atoms with Crippen LogP contribution in [0, 0.1) is 5.82 Å². The van der Waals surface area contributed by atoms with Gasteiger partial charge in [-0.25, -0.2) is 4.39 Å². The average Bonchev–Trinajstić information content (AvgIpc) is 2.49. The van der Waals surface area contributed by atoms with Gasteiger partial charge in [0.05, 0.1) is 18.4 Å². The fourth-order valence-electron chi connectivity index (χ4n) is 1.82. The maximum Gasteiger partial charge on any atom is 0.258 e. The van der Waals surface area contributed by atoms with Gasteiger partial charge in [-0.05, 0) is 31.2 Å². The Labute approximate surface area is 130 Å². The third kappa shape index (κ3) is 3.78. The highest BCUT2D eigenvalue weighted by Gasteiger charge is 2.12. The van der Waals surface area contributed by atoms with Crippen LogP contribution in [0.3, 0.4) is 0 Å². The minimum atomic E-state index is -0.651. The number of benzene rings is 1. The standard InChI is InChI=1S/C15H14BrFN2O2/c1-2-21-14-4-3-11(7-10(14)8-16)19-15(20)12-5-6-18-9-13(12)17/h3-7,9H,2,8H2,1H3,(H,19,20). The normalized spacial score (nSPS) is 10.2. The van der Waals surface area contributed by atoms with E-state index in [0.29, 0.717) is 17.6 Å². The zero-order valence-corrected chi connectivity index (χ0v) is 13.0. The number of hydrogen-bond donors (Lipinski definition) is 1. The van der Waals surface area contributed by atoms with E-state index >= 15 is 0 Å². The molecule has 0 unspecified atom stereocenters. The summed E-state index contributed by atoms with van der Waals surface area (Å²) in [6.07, 6.45) is 2.39. The zero-order valence-electron chi connectivity index (χ0n) is 11.4. The molecule has 0 fully saturated rings. The monoisotopic (exact) mass is 352 g/mol. The Morgan fingerprint density at radius 3 is 2.90 bits per heavy atom. The van der Waals surface area contributed by atoms with Crippen molar-refractivity contribution in [1.82, 2.24) is 4.98 Å². The van der Waals surface area contributed by atoms with Gasteiger partial charge in [-0.2, -0.15) is 0 Å². The minimum absolute atomic E-state index is 0.0423. The highest BCUT2D eigenvalue weighted by molar-refractivity contribution is 9.08. The van der Waals surface area contributed by atoms with Gasteiger partial charge in [0.1, 0.15) is 5.75 Å². The molecule has 0 aliphatic heterocycles. The molecule has 110 valence electrons. The number of halogens is 2. The fourth-order valence-corrected chi connectivity index (χ4v) is 2.25. The van der Waals surface area contributed by atoms with Gasteiger partial charge in [-0.1, -0.05) is 15.9 Å². The summed E-state index contributed by atoms with van der Waals surface area (Å²) in [4.78, 5) is 15.6. The van der Waals surface area contributed by atoms with Crippen LogP contribution >= 0.6 is 15.9 Å². The molecular weight excluding hydrogens is 339 g/mol. The lowest BCUT2D eigenvalue weighted by molar-refractivity contribution is 0.102. The molecule has 1 heterocycles. The molecule has 1 amide bonds. The van der Waals surface area contributed by atoms with E-state index in [2.05, 4.69) is 26.2 Å². The van der Waals surface area contributed by atoms with Crippen LogP contribution in [0.2, 0.25) is 0 Å². The van der Waals surface area contributed by atoms with Crippen LogP contribution in [0.1, 0.15) is 22.8 Å². The Kier molecular flexibility index (Phi) is 5.27. The fraction of sp³-hybridized carbons (Fsp3) is 0.200. The number of rotatable bonds is 5. The highest BCUT2D eigenvalue weighted by Crippen LogP contribution is 2.25. The molecule has 2 aromatic rings. The summed E-state index contributed by atoms with van der Waals surface area (Å²) in [5.74, 6) is -0.413. The predicted octanol–water partition coefficient (Wildman–Crippen LogP) is 3.77. The van der Waals surface area contributed by atoms with Crippen LogP contribution in [0.15, 0.2) is 36.7 Å². The van der Waals surface area contributed by atoms with Crippen molar-refractivity contribution in [1.29, 1.82) is 0 Å². The topological polar surface area (TPSA) is 51.2 Å². The molecule has 6 heteroatoms. The first kappa shape index (κ1) is 15.4.